The molecular formula is C12H12FNO3. The van der Waals surface area contributed by atoms with Crippen LogP contribution in [0.2, 0.25) is 0 Å². The van der Waals surface area contributed by atoms with E-state index in [4.69, 9.17) is 4.74 Å². The number of benzene rings is 1. The zero-order valence-corrected chi connectivity index (χ0v) is 9.30. The van der Waals surface area contributed by atoms with Crippen molar-refractivity contribution in [1.82, 2.24) is 4.90 Å². The highest BCUT2D eigenvalue weighted by molar-refractivity contribution is 5.95. The Kier molecular flexibility index (Phi) is 3.08. The van der Waals surface area contributed by atoms with E-state index < -0.39 is 24.2 Å². The lowest BCUT2D eigenvalue weighted by molar-refractivity contribution is -0.133. The number of imide groups is 1. The number of hydrogen-bond acceptors (Lipinski definition) is 3. The molecule has 1 aliphatic rings. The predicted molar refractivity (Wildman–Crippen MR) is 57.9 cm³/mol. The molecule has 2 amide bonds. The molecule has 2 atom stereocenters. The fourth-order valence-electron chi connectivity index (χ4n) is 1.78. The first-order valence-electron chi connectivity index (χ1n) is 5.30. The normalized spacial score (nSPS) is 21.2. The summed E-state index contributed by atoms with van der Waals surface area (Å²) < 4.78 is 17.8. The molecule has 0 aliphatic carbocycles. The maximum absolute atomic E-state index is 13.0. The van der Waals surface area contributed by atoms with Gasteiger partial charge in [0, 0.05) is 0 Å². The Hall–Kier alpha value is -1.91. The summed E-state index contributed by atoms with van der Waals surface area (Å²) in [5.41, 5.74) is 0.757. The van der Waals surface area contributed by atoms with E-state index in [2.05, 4.69) is 0 Å². The molecular weight excluding hydrogens is 225 g/mol. The van der Waals surface area contributed by atoms with Crippen LogP contribution < -0.4 is 0 Å². The van der Waals surface area contributed by atoms with E-state index in [1.165, 1.54) is 0 Å². The topological polar surface area (TPSA) is 46.6 Å². The second-order valence-corrected chi connectivity index (χ2v) is 3.83. The van der Waals surface area contributed by atoms with E-state index in [-0.39, 0.29) is 6.61 Å². The summed E-state index contributed by atoms with van der Waals surface area (Å²) in [6, 6.07) is 8.42. The van der Waals surface area contributed by atoms with Gasteiger partial charge in [0.25, 0.3) is 5.91 Å². The molecule has 0 N–H and O–H groups in total. The van der Waals surface area contributed by atoms with Crippen LogP contribution in [0.5, 0.6) is 0 Å². The molecule has 1 fully saturated rings. The van der Waals surface area contributed by atoms with Crippen molar-refractivity contribution in [3.8, 4) is 0 Å². The summed E-state index contributed by atoms with van der Waals surface area (Å²) in [5, 5.41) is 0. The van der Waals surface area contributed by atoms with Crippen molar-refractivity contribution in [2.75, 3.05) is 6.61 Å². The quantitative estimate of drug-likeness (QED) is 0.791. The minimum atomic E-state index is -1.72. The highest BCUT2D eigenvalue weighted by atomic mass is 19.1. The molecule has 1 aromatic rings. The summed E-state index contributed by atoms with van der Waals surface area (Å²) in [7, 11) is 0. The molecule has 2 rings (SSSR count). The van der Waals surface area contributed by atoms with Crippen molar-refractivity contribution >= 4 is 12.0 Å². The van der Waals surface area contributed by atoms with Gasteiger partial charge >= 0.3 is 6.09 Å². The first-order valence-corrected chi connectivity index (χ1v) is 5.30. The highest BCUT2D eigenvalue weighted by Gasteiger charge is 2.40. The first-order chi connectivity index (χ1) is 8.11. The fraction of sp³-hybridized carbons (Fsp3) is 0.333. The predicted octanol–water partition coefficient (Wildman–Crippen LogP) is 2.06. The van der Waals surface area contributed by atoms with Crippen LogP contribution in [0.4, 0.5) is 9.18 Å². The van der Waals surface area contributed by atoms with Gasteiger partial charge in [-0.25, -0.2) is 14.1 Å². The number of halogens is 1. The molecule has 1 aliphatic heterocycles. The van der Waals surface area contributed by atoms with Gasteiger partial charge in [-0.05, 0) is 12.5 Å². The molecule has 5 heteroatoms. The smallest absolute Gasteiger partial charge is 0.417 e. The molecule has 1 aromatic carbocycles. The maximum Gasteiger partial charge on any atom is 0.417 e. The van der Waals surface area contributed by atoms with E-state index >= 15 is 0 Å². The van der Waals surface area contributed by atoms with Crippen LogP contribution in [0.25, 0.3) is 0 Å². The van der Waals surface area contributed by atoms with Crippen molar-refractivity contribution in [2.45, 2.75) is 19.1 Å². The molecule has 1 saturated heterocycles. The number of ether oxygens (including phenoxy) is 1. The zero-order chi connectivity index (χ0) is 12.4. The van der Waals surface area contributed by atoms with Gasteiger partial charge in [0.2, 0.25) is 0 Å². The van der Waals surface area contributed by atoms with E-state index in [0.29, 0.717) is 0 Å². The van der Waals surface area contributed by atoms with Crippen LogP contribution >= 0.6 is 0 Å². The Balaban J connectivity index is 2.29. The molecule has 17 heavy (non-hydrogen) atoms. The molecule has 0 aromatic heterocycles. The Morgan fingerprint density at radius 3 is 2.71 bits per heavy atom. The van der Waals surface area contributed by atoms with Gasteiger partial charge in [0.1, 0.15) is 12.6 Å². The van der Waals surface area contributed by atoms with Crippen molar-refractivity contribution in [2.24, 2.45) is 0 Å². The maximum atomic E-state index is 13.0. The fourth-order valence-corrected chi connectivity index (χ4v) is 1.78. The van der Waals surface area contributed by atoms with Crippen LogP contribution in [-0.2, 0) is 9.53 Å². The van der Waals surface area contributed by atoms with Crippen molar-refractivity contribution < 1.29 is 18.7 Å². The van der Waals surface area contributed by atoms with Crippen molar-refractivity contribution in [1.29, 1.82) is 0 Å². The summed E-state index contributed by atoms with van der Waals surface area (Å²) >= 11 is 0. The number of rotatable bonds is 2. The third kappa shape index (κ3) is 2.13. The van der Waals surface area contributed by atoms with E-state index in [9.17, 15) is 14.0 Å². The molecule has 0 saturated carbocycles. The zero-order valence-electron chi connectivity index (χ0n) is 9.30. The third-order valence-corrected chi connectivity index (χ3v) is 2.64. The van der Waals surface area contributed by atoms with E-state index in [0.717, 1.165) is 17.4 Å². The molecule has 1 heterocycles. The van der Waals surface area contributed by atoms with Gasteiger partial charge < -0.3 is 4.74 Å². The molecule has 4 nitrogen and oxygen atoms in total. The lowest BCUT2D eigenvalue weighted by Gasteiger charge is -2.20. The van der Waals surface area contributed by atoms with Crippen LogP contribution in [0, 0.1) is 0 Å². The Bertz CT molecular complexity index is 433. The average Bonchev–Trinajstić information content (AvgIpc) is 2.71. The highest BCUT2D eigenvalue weighted by Crippen LogP contribution is 2.28. The van der Waals surface area contributed by atoms with Gasteiger partial charge in [-0.3, -0.25) is 4.79 Å². The van der Waals surface area contributed by atoms with Crippen LogP contribution in [-0.4, -0.2) is 29.7 Å². The Morgan fingerprint density at radius 1 is 1.47 bits per heavy atom. The molecule has 0 bridgehead atoms. The number of cyclic esters (lactones) is 1. The second kappa shape index (κ2) is 4.53. The van der Waals surface area contributed by atoms with Gasteiger partial charge in [-0.1, -0.05) is 30.3 Å². The lowest BCUT2D eigenvalue weighted by atomic mass is 10.1. The van der Waals surface area contributed by atoms with Crippen LogP contribution in [0.1, 0.15) is 18.5 Å². The summed E-state index contributed by atoms with van der Waals surface area (Å²) in [4.78, 5) is 23.9. The number of nitrogens with zero attached hydrogens (tertiary/aromatic N) is 1. The van der Waals surface area contributed by atoms with Crippen LogP contribution in [0.3, 0.4) is 0 Å². The molecule has 0 radical (unpaired) electrons. The summed E-state index contributed by atoms with van der Waals surface area (Å²) in [6.45, 7) is 1.18. The number of carbonyl (C=O) groups is 2. The Labute approximate surface area is 98.0 Å². The van der Waals surface area contributed by atoms with Gasteiger partial charge in [0.05, 0.1) is 0 Å². The molecule has 90 valence electrons. The van der Waals surface area contributed by atoms with Crippen LogP contribution in [0.15, 0.2) is 30.3 Å². The summed E-state index contributed by atoms with van der Waals surface area (Å²) in [5.74, 6) is -0.860. The number of hydrogen-bond donors (Lipinski definition) is 0. The Morgan fingerprint density at radius 2 is 2.12 bits per heavy atom. The first kappa shape index (κ1) is 11.6. The number of carbonyl (C=O) groups excluding carboxylic acids is 2. The standard InChI is InChI=1S/C12H12FNO3/c1-8(13)11(15)14-10(7-17-12(14)16)9-5-3-2-4-6-9/h2-6,8,10H,7H2,1H3/t8?,10-/m0/s1. The number of alkyl halides is 1. The average molecular weight is 237 g/mol. The second-order valence-electron chi connectivity index (χ2n) is 3.83. The minimum absolute atomic E-state index is 0.0707. The molecule has 0 spiro atoms. The van der Waals surface area contributed by atoms with Gasteiger partial charge in [-0.2, -0.15) is 0 Å². The van der Waals surface area contributed by atoms with Crippen molar-refractivity contribution in [3.63, 3.8) is 0 Å². The largest absolute Gasteiger partial charge is 0.446 e. The van der Waals surface area contributed by atoms with Gasteiger partial charge in [-0.15, -0.1) is 0 Å². The minimum Gasteiger partial charge on any atom is -0.446 e. The monoisotopic (exact) mass is 237 g/mol. The van der Waals surface area contributed by atoms with E-state index in [1.807, 2.05) is 6.07 Å². The molecule has 1 unspecified atom stereocenters. The van der Waals surface area contributed by atoms with Gasteiger partial charge in [0.15, 0.2) is 6.17 Å². The lowest BCUT2D eigenvalue weighted by Crippen LogP contribution is -2.38. The van der Waals surface area contributed by atoms with E-state index in [1.54, 1.807) is 24.3 Å². The van der Waals surface area contributed by atoms with Crippen molar-refractivity contribution in [3.05, 3.63) is 35.9 Å². The summed E-state index contributed by atoms with van der Waals surface area (Å²) in [6.07, 6.45) is -2.50. The SMILES string of the molecule is CC(F)C(=O)N1C(=O)OC[C@H]1c1ccccc1. The third-order valence-electron chi connectivity index (χ3n) is 2.64. The number of amides is 2.